The number of nitriles is 1. The molecule has 0 saturated carbocycles. The summed E-state index contributed by atoms with van der Waals surface area (Å²) in [6, 6.07) is 5.42. The summed E-state index contributed by atoms with van der Waals surface area (Å²) in [6.07, 6.45) is 5.84. The average molecular weight is 381 g/mol. The van der Waals surface area contributed by atoms with Gasteiger partial charge in [-0.1, -0.05) is 13.3 Å². The Labute approximate surface area is 145 Å². The maximum atomic E-state index is 11.9. The van der Waals surface area contributed by atoms with Gasteiger partial charge in [-0.3, -0.25) is 4.79 Å². The van der Waals surface area contributed by atoms with Crippen LogP contribution >= 0.6 is 15.9 Å². The first-order valence-electron chi connectivity index (χ1n) is 7.51. The summed E-state index contributed by atoms with van der Waals surface area (Å²) in [5, 5.41) is 14.6. The van der Waals surface area contributed by atoms with Crippen LogP contribution in [-0.4, -0.2) is 30.6 Å². The third kappa shape index (κ3) is 8.33. The summed E-state index contributed by atoms with van der Waals surface area (Å²) < 4.78 is 6.26. The minimum atomic E-state index is -0.411. The van der Waals surface area contributed by atoms with Gasteiger partial charge in [0.1, 0.15) is 17.5 Å². The number of hydrogen-bond donors (Lipinski definition) is 2. The van der Waals surface area contributed by atoms with E-state index in [2.05, 4.69) is 38.5 Å². The first-order valence-corrected chi connectivity index (χ1v) is 8.31. The Morgan fingerprint density at radius 3 is 2.87 bits per heavy atom. The zero-order chi connectivity index (χ0) is 16.9. The lowest BCUT2D eigenvalue weighted by atomic mass is 10.3. The van der Waals surface area contributed by atoms with Crippen molar-refractivity contribution in [3.8, 4) is 6.07 Å². The van der Waals surface area contributed by atoms with E-state index in [0.717, 1.165) is 30.3 Å². The van der Waals surface area contributed by atoms with Gasteiger partial charge in [-0.2, -0.15) is 5.26 Å². The number of carbonyl (C=O) groups is 1. The van der Waals surface area contributed by atoms with Crippen LogP contribution in [0.1, 0.15) is 26.2 Å². The van der Waals surface area contributed by atoms with Gasteiger partial charge in [0.15, 0.2) is 0 Å². The van der Waals surface area contributed by atoms with Gasteiger partial charge in [-0.05, 0) is 40.9 Å². The van der Waals surface area contributed by atoms with Crippen molar-refractivity contribution in [2.24, 2.45) is 0 Å². The molecule has 0 radical (unpaired) electrons. The normalized spacial score (nSPS) is 10.9. The summed E-state index contributed by atoms with van der Waals surface area (Å²) in [4.78, 5) is 16.0. The number of nitrogens with one attached hydrogen (secondary N) is 2. The fourth-order valence-electron chi connectivity index (χ4n) is 1.58. The molecule has 0 fully saturated rings. The predicted octanol–water partition coefficient (Wildman–Crippen LogP) is 2.99. The van der Waals surface area contributed by atoms with E-state index in [0.29, 0.717) is 19.0 Å². The van der Waals surface area contributed by atoms with E-state index in [1.807, 2.05) is 12.1 Å². The fraction of sp³-hybridized carbons (Fsp3) is 0.438. The van der Waals surface area contributed by atoms with Gasteiger partial charge in [0.2, 0.25) is 0 Å². The highest BCUT2D eigenvalue weighted by molar-refractivity contribution is 9.10. The Kier molecular flexibility index (Phi) is 9.68. The number of pyridine rings is 1. The van der Waals surface area contributed by atoms with Crippen LogP contribution in [-0.2, 0) is 9.53 Å². The second-order valence-corrected chi connectivity index (χ2v) is 5.67. The number of hydrogen-bond acceptors (Lipinski definition) is 5. The summed E-state index contributed by atoms with van der Waals surface area (Å²) >= 11 is 3.28. The van der Waals surface area contributed by atoms with Crippen LogP contribution in [0.4, 0.5) is 5.82 Å². The van der Waals surface area contributed by atoms with E-state index in [4.69, 9.17) is 10.00 Å². The molecule has 1 aromatic heterocycles. The molecule has 0 spiro atoms. The second-order valence-electron chi connectivity index (χ2n) is 4.75. The smallest absolute Gasteiger partial charge is 0.263 e. The minimum absolute atomic E-state index is 0.00150. The van der Waals surface area contributed by atoms with Gasteiger partial charge in [0, 0.05) is 36.6 Å². The number of anilines is 1. The van der Waals surface area contributed by atoms with E-state index in [1.54, 1.807) is 12.3 Å². The fourth-order valence-corrected chi connectivity index (χ4v) is 1.81. The Bertz CT molecular complexity index is 552. The summed E-state index contributed by atoms with van der Waals surface area (Å²) in [6.45, 7) is 3.93. The molecule has 0 atom stereocenters. The number of unbranched alkanes of at least 4 members (excludes halogenated alkanes) is 1. The van der Waals surface area contributed by atoms with E-state index in [9.17, 15) is 4.79 Å². The van der Waals surface area contributed by atoms with Crippen LogP contribution < -0.4 is 10.6 Å². The van der Waals surface area contributed by atoms with Crippen molar-refractivity contribution in [1.82, 2.24) is 10.3 Å². The monoisotopic (exact) mass is 380 g/mol. The predicted molar refractivity (Wildman–Crippen MR) is 92.6 cm³/mol. The molecule has 0 aliphatic carbocycles. The van der Waals surface area contributed by atoms with Crippen molar-refractivity contribution in [3.05, 3.63) is 34.6 Å². The van der Waals surface area contributed by atoms with Crippen molar-refractivity contribution < 1.29 is 9.53 Å². The number of amides is 1. The van der Waals surface area contributed by atoms with Crippen LogP contribution in [0.5, 0.6) is 0 Å². The largest absolute Gasteiger partial charge is 0.381 e. The lowest BCUT2D eigenvalue weighted by Gasteiger charge is -2.06. The van der Waals surface area contributed by atoms with Crippen LogP contribution in [0, 0.1) is 11.3 Å². The molecular weight excluding hydrogens is 360 g/mol. The number of carbonyl (C=O) groups excluding carboxylic acids is 1. The molecule has 0 aliphatic heterocycles. The van der Waals surface area contributed by atoms with Crippen LogP contribution in [0.15, 0.2) is 34.6 Å². The Hall–Kier alpha value is -1.91. The highest BCUT2D eigenvalue weighted by Crippen LogP contribution is 2.10. The molecule has 1 heterocycles. The average Bonchev–Trinajstić information content (AvgIpc) is 2.56. The van der Waals surface area contributed by atoms with E-state index >= 15 is 0 Å². The quantitative estimate of drug-likeness (QED) is 0.370. The maximum Gasteiger partial charge on any atom is 0.263 e. The molecule has 0 aliphatic rings. The standard InChI is InChI=1S/C16H21BrN4O2/c1-2-3-8-23-9-4-7-19-16(22)13(10-18)11-20-15-6-5-14(17)12-21-15/h5-6,11-12H,2-4,7-9H2,1H3,(H,19,22)(H,20,21)/b13-11-. The number of halogens is 1. The third-order valence-electron chi connectivity index (χ3n) is 2.85. The molecule has 0 bridgehead atoms. The summed E-state index contributed by atoms with van der Waals surface area (Å²) in [7, 11) is 0. The molecule has 1 amide bonds. The first-order chi connectivity index (χ1) is 11.2. The lowest BCUT2D eigenvalue weighted by molar-refractivity contribution is -0.117. The Morgan fingerprint density at radius 2 is 2.22 bits per heavy atom. The van der Waals surface area contributed by atoms with E-state index in [1.165, 1.54) is 6.20 Å². The first kappa shape index (κ1) is 19.1. The third-order valence-corrected chi connectivity index (χ3v) is 3.32. The lowest BCUT2D eigenvalue weighted by Crippen LogP contribution is -2.26. The number of rotatable bonds is 10. The van der Waals surface area contributed by atoms with E-state index < -0.39 is 5.91 Å². The number of aromatic nitrogens is 1. The molecule has 2 N–H and O–H groups in total. The van der Waals surface area contributed by atoms with Gasteiger partial charge < -0.3 is 15.4 Å². The topological polar surface area (TPSA) is 87.0 Å². The molecule has 124 valence electrons. The SMILES string of the molecule is CCCCOCCCNC(=O)/C(C#N)=C\Nc1ccc(Br)cn1. The maximum absolute atomic E-state index is 11.9. The Morgan fingerprint density at radius 1 is 1.43 bits per heavy atom. The molecule has 1 aromatic rings. The minimum Gasteiger partial charge on any atom is -0.381 e. The van der Waals surface area contributed by atoms with Crippen molar-refractivity contribution in [3.63, 3.8) is 0 Å². The molecule has 7 heteroatoms. The van der Waals surface area contributed by atoms with Gasteiger partial charge in [0.05, 0.1) is 0 Å². The van der Waals surface area contributed by atoms with Crippen molar-refractivity contribution in [2.45, 2.75) is 26.2 Å². The molecular formula is C16H21BrN4O2. The van der Waals surface area contributed by atoms with Crippen molar-refractivity contribution >= 4 is 27.7 Å². The van der Waals surface area contributed by atoms with Crippen LogP contribution in [0.2, 0.25) is 0 Å². The zero-order valence-electron chi connectivity index (χ0n) is 13.1. The van der Waals surface area contributed by atoms with Gasteiger partial charge in [0.25, 0.3) is 5.91 Å². The molecule has 6 nitrogen and oxygen atoms in total. The van der Waals surface area contributed by atoms with Crippen molar-refractivity contribution in [1.29, 1.82) is 5.26 Å². The zero-order valence-corrected chi connectivity index (χ0v) is 14.7. The molecule has 0 unspecified atom stereocenters. The van der Waals surface area contributed by atoms with Gasteiger partial charge in [-0.15, -0.1) is 0 Å². The van der Waals surface area contributed by atoms with Crippen molar-refractivity contribution in [2.75, 3.05) is 25.1 Å². The highest BCUT2D eigenvalue weighted by atomic mass is 79.9. The second kappa shape index (κ2) is 11.6. The summed E-state index contributed by atoms with van der Waals surface area (Å²) in [5.41, 5.74) is 0.00150. The van der Waals surface area contributed by atoms with E-state index in [-0.39, 0.29) is 5.57 Å². The Balaban J connectivity index is 2.32. The van der Waals surface area contributed by atoms with Gasteiger partial charge >= 0.3 is 0 Å². The summed E-state index contributed by atoms with van der Waals surface area (Å²) in [5.74, 6) is 0.142. The number of nitrogens with zero attached hydrogens (tertiary/aromatic N) is 2. The molecule has 1 rings (SSSR count). The van der Waals surface area contributed by atoms with Gasteiger partial charge in [-0.25, -0.2) is 4.98 Å². The molecule has 23 heavy (non-hydrogen) atoms. The van der Waals surface area contributed by atoms with Crippen LogP contribution in [0.3, 0.4) is 0 Å². The highest BCUT2D eigenvalue weighted by Gasteiger charge is 2.07. The molecule has 0 aromatic carbocycles. The molecule has 0 saturated heterocycles. The van der Waals surface area contributed by atoms with Crippen LogP contribution in [0.25, 0.3) is 0 Å². The number of ether oxygens (including phenoxy) is 1.